The Morgan fingerprint density at radius 3 is 2.61 bits per heavy atom. The number of nitrogens with two attached hydrogens (primary N) is 1. The van der Waals surface area contributed by atoms with E-state index in [0.717, 1.165) is 6.42 Å². The Kier molecular flexibility index (Phi) is 5.09. The fourth-order valence-corrected chi connectivity index (χ4v) is 1.98. The van der Waals surface area contributed by atoms with Crippen molar-refractivity contribution in [3.8, 4) is 5.75 Å². The maximum atomic E-state index is 11.0. The van der Waals surface area contributed by atoms with Gasteiger partial charge >= 0.3 is 0 Å². The standard InChI is InChI=1S/C13H20N2O3/c1-9(2)6-11(14)7-10-4-5-12(18-3)8-13(10)15(16)17/h4-5,8-9,11H,6-7,14H2,1-3H3. The first-order valence-corrected chi connectivity index (χ1v) is 6.01. The number of hydrogen-bond acceptors (Lipinski definition) is 4. The van der Waals surface area contributed by atoms with Crippen LogP contribution in [0.2, 0.25) is 0 Å². The number of ether oxygens (including phenoxy) is 1. The lowest BCUT2D eigenvalue weighted by Gasteiger charge is -2.14. The predicted octanol–water partition coefficient (Wildman–Crippen LogP) is 2.52. The molecule has 0 spiro atoms. The van der Waals surface area contributed by atoms with Gasteiger partial charge in [-0.05, 0) is 30.9 Å². The van der Waals surface area contributed by atoms with Crippen LogP contribution in [0.3, 0.4) is 0 Å². The van der Waals surface area contributed by atoms with Crippen molar-refractivity contribution >= 4 is 5.69 Å². The lowest BCUT2D eigenvalue weighted by molar-refractivity contribution is -0.385. The highest BCUT2D eigenvalue weighted by Gasteiger charge is 2.17. The molecule has 0 saturated carbocycles. The third kappa shape index (κ3) is 4.00. The Labute approximate surface area is 107 Å². The molecule has 0 aliphatic carbocycles. The molecule has 0 heterocycles. The molecule has 1 aromatic rings. The summed E-state index contributed by atoms with van der Waals surface area (Å²) in [7, 11) is 1.49. The molecule has 18 heavy (non-hydrogen) atoms. The summed E-state index contributed by atoms with van der Waals surface area (Å²) < 4.78 is 4.99. The molecule has 2 N–H and O–H groups in total. The molecule has 5 nitrogen and oxygen atoms in total. The molecule has 1 atom stereocenters. The second kappa shape index (κ2) is 6.35. The summed E-state index contributed by atoms with van der Waals surface area (Å²) >= 11 is 0. The van der Waals surface area contributed by atoms with E-state index >= 15 is 0 Å². The average Bonchev–Trinajstić information content (AvgIpc) is 2.28. The van der Waals surface area contributed by atoms with E-state index in [1.165, 1.54) is 13.2 Å². The molecule has 1 aromatic carbocycles. The van der Waals surface area contributed by atoms with E-state index in [2.05, 4.69) is 13.8 Å². The second-order valence-electron chi connectivity index (χ2n) is 4.85. The molecule has 5 heteroatoms. The number of nitrogens with zero attached hydrogens (tertiary/aromatic N) is 1. The Morgan fingerprint density at radius 2 is 2.11 bits per heavy atom. The summed E-state index contributed by atoms with van der Waals surface area (Å²) in [6.45, 7) is 4.17. The minimum atomic E-state index is -0.389. The zero-order valence-corrected chi connectivity index (χ0v) is 11.1. The summed E-state index contributed by atoms with van der Waals surface area (Å²) in [5.74, 6) is 0.972. The quantitative estimate of drug-likeness (QED) is 0.623. The monoisotopic (exact) mass is 252 g/mol. The summed E-state index contributed by atoms with van der Waals surface area (Å²) in [4.78, 5) is 10.6. The largest absolute Gasteiger partial charge is 0.497 e. The van der Waals surface area contributed by atoms with Crippen molar-refractivity contribution in [1.29, 1.82) is 0 Å². The first kappa shape index (κ1) is 14.4. The van der Waals surface area contributed by atoms with Gasteiger partial charge in [0.15, 0.2) is 0 Å². The summed E-state index contributed by atoms with van der Waals surface area (Å²) in [6, 6.07) is 4.83. The van der Waals surface area contributed by atoms with Crippen LogP contribution in [-0.4, -0.2) is 18.1 Å². The highest BCUT2D eigenvalue weighted by Crippen LogP contribution is 2.26. The van der Waals surface area contributed by atoms with Crippen molar-refractivity contribution < 1.29 is 9.66 Å². The van der Waals surface area contributed by atoms with Gasteiger partial charge < -0.3 is 10.5 Å². The third-order valence-electron chi connectivity index (χ3n) is 2.75. The minimum Gasteiger partial charge on any atom is -0.497 e. The van der Waals surface area contributed by atoms with Gasteiger partial charge in [-0.15, -0.1) is 0 Å². The van der Waals surface area contributed by atoms with Crippen LogP contribution in [0, 0.1) is 16.0 Å². The van der Waals surface area contributed by atoms with Gasteiger partial charge in [0.25, 0.3) is 5.69 Å². The molecule has 1 unspecified atom stereocenters. The topological polar surface area (TPSA) is 78.4 Å². The second-order valence-corrected chi connectivity index (χ2v) is 4.85. The van der Waals surface area contributed by atoms with Crippen molar-refractivity contribution in [2.24, 2.45) is 11.7 Å². The van der Waals surface area contributed by atoms with Crippen LogP contribution >= 0.6 is 0 Å². The van der Waals surface area contributed by atoms with Crippen LogP contribution in [0.15, 0.2) is 18.2 Å². The van der Waals surface area contributed by atoms with Crippen LogP contribution in [0.1, 0.15) is 25.8 Å². The molecule has 100 valence electrons. The zero-order chi connectivity index (χ0) is 13.7. The average molecular weight is 252 g/mol. The summed E-state index contributed by atoms with van der Waals surface area (Å²) in [6.07, 6.45) is 1.36. The normalized spacial score (nSPS) is 12.5. The molecule has 0 amide bonds. The molecule has 1 rings (SSSR count). The van der Waals surface area contributed by atoms with E-state index in [1.54, 1.807) is 12.1 Å². The van der Waals surface area contributed by atoms with Crippen molar-refractivity contribution in [3.05, 3.63) is 33.9 Å². The van der Waals surface area contributed by atoms with E-state index in [1.807, 2.05) is 0 Å². The molecule has 0 aliphatic heterocycles. The lowest BCUT2D eigenvalue weighted by atomic mass is 9.97. The number of nitro benzene ring substituents is 1. The maximum absolute atomic E-state index is 11.0. The third-order valence-corrected chi connectivity index (χ3v) is 2.75. The van der Waals surface area contributed by atoms with Gasteiger partial charge in [0, 0.05) is 11.6 Å². The summed E-state index contributed by atoms with van der Waals surface area (Å²) in [5.41, 5.74) is 6.73. The molecule has 0 radical (unpaired) electrons. The fourth-order valence-electron chi connectivity index (χ4n) is 1.98. The molecule has 0 aliphatic rings. The number of rotatable bonds is 6. The lowest BCUT2D eigenvalue weighted by Crippen LogP contribution is -2.25. The molecule has 0 fully saturated rings. The van der Waals surface area contributed by atoms with Crippen molar-refractivity contribution in [2.75, 3.05) is 7.11 Å². The van der Waals surface area contributed by atoms with Gasteiger partial charge in [0.2, 0.25) is 0 Å². The van der Waals surface area contributed by atoms with Crippen molar-refractivity contribution in [3.63, 3.8) is 0 Å². The number of methoxy groups -OCH3 is 1. The van der Waals surface area contributed by atoms with Gasteiger partial charge in [-0.3, -0.25) is 10.1 Å². The van der Waals surface area contributed by atoms with E-state index in [0.29, 0.717) is 23.7 Å². The Bertz CT molecular complexity index is 419. The zero-order valence-electron chi connectivity index (χ0n) is 11.1. The minimum absolute atomic E-state index is 0.0582. The summed E-state index contributed by atoms with van der Waals surface area (Å²) in [5, 5.41) is 11.0. The van der Waals surface area contributed by atoms with Gasteiger partial charge in [-0.1, -0.05) is 13.8 Å². The fraction of sp³-hybridized carbons (Fsp3) is 0.538. The molecular formula is C13H20N2O3. The highest BCUT2D eigenvalue weighted by atomic mass is 16.6. The van der Waals surface area contributed by atoms with Crippen LogP contribution in [-0.2, 0) is 6.42 Å². The van der Waals surface area contributed by atoms with Gasteiger partial charge in [0.05, 0.1) is 18.1 Å². The Balaban J connectivity index is 2.90. The van der Waals surface area contributed by atoms with E-state index in [9.17, 15) is 10.1 Å². The van der Waals surface area contributed by atoms with Crippen LogP contribution < -0.4 is 10.5 Å². The number of hydrogen-bond donors (Lipinski definition) is 1. The molecule has 0 aromatic heterocycles. The first-order chi connectivity index (χ1) is 8.43. The predicted molar refractivity (Wildman–Crippen MR) is 70.8 cm³/mol. The van der Waals surface area contributed by atoms with Crippen molar-refractivity contribution in [2.45, 2.75) is 32.7 Å². The van der Waals surface area contributed by atoms with E-state index in [-0.39, 0.29) is 16.7 Å². The van der Waals surface area contributed by atoms with E-state index < -0.39 is 0 Å². The number of benzene rings is 1. The highest BCUT2D eigenvalue weighted by molar-refractivity contribution is 5.46. The van der Waals surface area contributed by atoms with Crippen LogP contribution in [0.25, 0.3) is 0 Å². The molecule has 0 saturated heterocycles. The Hall–Kier alpha value is -1.62. The van der Waals surface area contributed by atoms with Gasteiger partial charge in [-0.2, -0.15) is 0 Å². The maximum Gasteiger partial charge on any atom is 0.276 e. The SMILES string of the molecule is COc1ccc(CC(N)CC(C)C)c([N+](=O)[O-])c1. The molecular weight excluding hydrogens is 232 g/mol. The Morgan fingerprint density at radius 1 is 1.44 bits per heavy atom. The molecule has 0 bridgehead atoms. The van der Waals surface area contributed by atoms with Crippen LogP contribution in [0.5, 0.6) is 5.75 Å². The van der Waals surface area contributed by atoms with Gasteiger partial charge in [-0.25, -0.2) is 0 Å². The smallest absolute Gasteiger partial charge is 0.276 e. The van der Waals surface area contributed by atoms with E-state index in [4.69, 9.17) is 10.5 Å². The van der Waals surface area contributed by atoms with Crippen LogP contribution in [0.4, 0.5) is 5.69 Å². The first-order valence-electron chi connectivity index (χ1n) is 6.01. The van der Waals surface area contributed by atoms with Gasteiger partial charge in [0.1, 0.15) is 5.75 Å². The number of nitro groups is 1. The van der Waals surface area contributed by atoms with Crippen molar-refractivity contribution in [1.82, 2.24) is 0 Å².